The van der Waals surface area contributed by atoms with Gasteiger partial charge in [0.25, 0.3) is 5.91 Å². The van der Waals surface area contributed by atoms with Crippen LogP contribution in [-0.4, -0.2) is 17.5 Å². The number of hydrogen-bond donors (Lipinski definition) is 2. The van der Waals surface area contributed by atoms with Crippen LogP contribution in [0.3, 0.4) is 0 Å². The molecule has 1 heterocycles. The van der Waals surface area contributed by atoms with Crippen molar-refractivity contribution in [3.05, 3.63) is 45.4 Å². The van der Waals surface area contributed by atoms with Gasteiger partial charge in [-0.3, -0.25) is 4.79 Å². The minimum absolute atomic E-state index is 0.195. The van der Waals surface area contributed by atoms with Gasteiger partial charge in [-0.15, -0.1) is 11.3 Å². The number of thiazole rings is 1. The Morgan fingerprint density at radius 1 is 1.42 bits per heavy atom. The molecule has 0 saturated heterocycles. The highest BCUT2D eigenvalue weighted by Gasteiger charge is 2.12. The molecule has 0 spiro atoms. The van der Waals surface area contributed by atoms with Crippen LogP contribution in [0.2, 0.25) is 0 Å². The SMILES string of the molecule is Cc1ccc(CNC(=O)c2csc(CN)n2)c(OCCC(C)C)c1. The van der Waals surface area contributed by atoms with Crippen LogP contribution in [-0.2, 0) is 13.1 Å². The standard InChI is InChI=1S/C18H25N3O2S/c1-12(2)6-7-23-16-8-13(3)4-5-14(16)10-20-18(22)15-11-24-17(9-19)21-15/h4-5,8,11-12H,6-7,9-10,19H2,1-3H3,(H,20,22). The molecule has 6 heteroatoms. The lowest BCUT2D eigenvalue weighted by atomic mass is 10.1. The molecular weight excluding hydrogens is 322 g/mol. The van der Waals surface area contributed by atoms with Gasteiger partial charge in [0.15, 0.2) is 0 Å². The van der Waals surface area contributed by atoms with Crippen molar-refractivity contribution in [2.75, 3.05) is 6.61 Å². The highest BCUT2D eigenvalue weighted by molar-refractivity contribution is 7.09. The van der Waals surface area contributed by atoms with Crippen molar-refractivity contribution in [1.29, 1.82) is 0 Å². The minimum Gasteiger partial charge on any atom is -0.493 e. The normalized spacial score (nSPS) is 10.9. The fourth-order valence-corrected chi connectivity index (χ4v) is 2.78. The highest BCUT2D eigenvalue weighted by atomic mass is 32.1. The third-order valence-corrected chi connectivity index (χ3v) is 4.44. The molecule has 0 fully saturated rings. The number of carbonyl (C=O) groups excluding carboxylic acids is 1. The Hall–Kier alpha value is -1.92. The summed E-state index contributed by atoms with van der Waals surface area (Å²) in [5.41, 5.74) is 8.04. The molecule has 0 bridgehead atoms. The van der Waals surface area contributed by atoms with Crippen LogP contribution < -0.4 is 15.8 Å². The second-order valence-electron chi connectivity index (χ2n) is 6.16. The second-order valence-corrected chi connectivity index (χ2v) is 7.10. The van der Waals surface area contributed by atoms with Crippen molar-refractivity contribution in [3.63, 3.8) is 0 Å². The molecule has 0 aliphatic rings. The van der Waals surface area contributed by atoms with Crippen molar-refractivity contribution in [2.24, 2.45) is 11.7 Å². The summed E-state index contributed by atoms with van der Waals surface area (Å²) in [4.78, 5) is 16.4. The van der Waals surface area contributed by atoms with Gasteiger partial charge in [-0.1, -0.05) is 26.0 Å². The van der Waals surface area contributed by atoms with Gasteiger partial charge < -0.3 is 15.8 Å². The quantitative estimate of drug-likeness (QED) is 0.768. The molecule has 1 amide bonds. The molecule has 0 saturated carbocycles. The van der Waals surface area contributed by atoms with E-state index in [0.717, 1.165) is 28.3 Å². The lowest BCUT2D eigenvalue weighted by molar-refractivity contribution is 0.0946. The number of ether oxygens (including phenoxy) is 1. The third kappa shape index (κ3) is 5.32. The Morgan fingerprint density at radius 3 is 2.88 bits per heavy atom. The largest absolute Gasteiger partial charge is 0.493 e. The predicted octanol–water partition coefficient (Wildman–Crippen LogP) is 3.27. The van der Waals surface area contributed by atoms with Gasteiger partial charge in [-0.05, 0) is 30.9 Å². The fourth-order valence-electron chi connectivity index (χ4n) is 2.12. The molecule has 0 aliphatic carbocycles. The Morgan fingerprint density at radius 2 is 2.21 bits per heavy atom. The number of amides is 1. The number of hydrogen-bond acceptors (Lipinski definition) is 5. The molecular formula is C18H25N3O2S. The van der Waals surface area contributed by atoms with Gasteiger partial charge in [0.2, 0.25) is 0 Å². The van der Waals surface area contributed by atoms with E-state index in [4.69, 9.17) is 10.5 Å². The summed E-state index contributed by atoms with van der Waals surface area (Å²) in [5, 5.41) is 5.38. The van der Waals surface area contributed by atoms with Crippen LogP contribution in [0.1, 0.15) is 46.9 Å². The summed E-state index contributed by atoms with van der Waals surface area (Å²) < 4.78 is 5.91. The molecule has 5 nitrogen and oxygen atoms in total. The first-order chi connectivity index (χ1) is 11.5. The van der Waals surface area contributed by atoms with E-state index in [9.17, 15) is 4.79 Å². The number of aromatic nitrogens is 1. The smallest absolute Gasteiger partial charge is 0.271 e. The Balaban J connectivity index is 1.99. The van der Waals surface area contributed by atoms with E-state index in [-0.39, 0.29) is 5.91 Å². The number of nitrogens with zero attached hydrogens (tertiary/aromatic N) is 1. The first kappa shape index (κ1) is 18.4. The summed E-state index contributed by atoms with van der Waals surface area (Å²) in [5.74, 6) is 1.23. The maximum absolute atomic E-state index is 12.2. The number of carbonyl (C=O) groups is 1. The maximum Gasteiger partial charge on any atom is 0.271 e. The summed E-state index contributed by atoms with van der Waals surface area (Å²) in [6, 6.07) is 6.02. The first-order valence-electron chi connectivity index (χ1n) is 8.14. The van der Waals surface area contributed by atoms with Gasteiger partial charge in [0.05, 0.1) is 6.61 Å². The summed E-state index contributed by atoms with van der Waals surface area (Å²) >= 11 is 1.40. The number of aryl methyl sites for hydroxylation is 1. The highest BCUT2D eigenvalue weighted by Crippen LogP contribution is 2.21. The van der Waals surface area contributed by atoms with Crippen molar-refractivity contribution >= 4 is 17.2 Å². The predicted molar refractivity (Wildman–Crippen MR) is 97.3 cm³/mol. The van der Waals surface area contributed by atoms with Crippen LogP contribution in [0, 0.1) is 12.8 Å². The van der Waals surface area contributed by atoms with Crippen molar-refractivity contribution in [2.45, 2.75) is 40.3 Å². The average Bonchev–Trinajstić information content (AvgIpc) is 3.02. The zero-order valence-corrected chi connectivity index (χ0v) is 15.3. The van der Waals surface area contributed by atoms with E-state index in [1.54, 1.807) is 5.38 Å². The van der Waals surface area contributed by atoms with E-state index >= 15 is 0 Å². The van der Waals surface area contributed by atoms with Crippen molar-refractivity contribution in [1.82, 2.24) is 10.3 Å². The number of rotatable bonds is 8. The molecule has 2 aromatic rings. The zero-order chi connectivity index (χ0) is 17.5. The van der Waals surface area contributed by atoms with Gasteiger partial charge >= 0.3 is 0 Å². The molecule has 130 valence electrons. The van der Waals surface area contributed by atoms with Crippen molar-refractivity contribution in [3.8, 4) is 5.75 Å². The van der Waals surface area contributed by atoms with E-state index in [1.807, 2.05) is 25.1 Å². The molecule has 1 aromatic heterocycles. The van der Waals surface area contributed by atoms with E-state index < -0.39 is 0 Å². The van der Waals surface area contributed by atoms with Gasteiger partial charge in [0, 0.05) is 24.0 Å². The van der Waals surface area contributed by atoms with E-state index in [0.29, 0.717) is 31.3 Å². The summed E-state index contributed by atoms with van der Waals surface area (Å²) in [6.07, 6.45) is 1.00. The van der Waals surface area contributed by atoms with E-state index in [1.165, 1.54) is 11.3 Å². The first-order valence-corrected chi connectivity index (χ1v) is 9.02. The van der Waals surface area contributed by atoms with Crippen LogP contribution in [0.15, 0.2) is 23.6 Å². The van der Waals surface area contributed by atoms with Crippen molar-refractivity contribution < 1.29 is 9.53 Å². The molecule has 2 rings (SSSR count). The van der Waals surface area contributed by atoms with Crippen LogP contribution in [0.4, 0.5) is 0 Å². The molecule has 0 atom stereocenters. The molecule has 0 unspecified atom stereocenters. The molecule has 1 aromatic carbocycles. The zero-order valence-electron chi connectivity index (χ0n) is 14.5. The third-order valence-electron chi connectivity index (χ3n) is 3.57. The lowest BCUT2D eigenvalue weighted by Crippen LogP contribution is -2.23. The number of benzene rings is 1. The Labute approximate surface area is 147 Å². The average molecular weight is 347 g/mol. The number of nitrogens with one attached hydrogen (secondary N) is 1. The summed E-state index contributed by atoms with van der Waals surface area (Å²) in [6.45, 7) is 7.80. The maximum atomic E-state index is 12.2. The Kier molecular flexibility index (Phi) is 6.75. The minimum atomic E-state index is -0.195. The van der Waals surface area contributed by atoms with Crippen LogP contribution in [0.5, 0.6) is 5.75 Å². The molecule has 24 heavy (non-hydrogen) atoms. The monoisotopic (exact) mass is 347 g/mol. The Bertz CT molecular complexity index is 683. The van der Waals surface area contributed by atoms with E-state index in [2.05, 4.69) is 24.1 Å². The topological polar surface area (TPSA) is 77.2 Å². The van der Waals surface area contributed by atoms with Gasteiger partial charge in [0.1, 0.15) is 16.5 Å². The van der Waals surface area contributed by atoms with Crippen LogP contribution in [0.25, 0.3) is 0 Å². The molecule has 0 aliphatic heterocycles. The lowest BCUT2D eigenvalue weighted by Gasteiger charge is -2.14. The summed E-state index contributed by atoms with van der Waals surface area (Å²) in [7, 11) is 0. The van der Waals surface area contributed by atoms with Gasteiger partial charge in [-0.2, -0.15) is 0 Å². The van der Waals surface area contributed by atoms with Gasteiger partial charge in [-0.25, -0.2) is 4.98 Å². The molecule has 0 radical (unpaired) electrons. The second kappa shape index (κ2) is 8.80. The van der Waals surface area contributed by atoms with Crippen LogP contribution >= 0.6 is 11.3 Å². The number of nitrogens with two attached hydrogens (primary N) is 1. The fraction of sp³-hybridized carbons (Fsp3) is 0.444. The molecule has 3 N–H and O–H groups in total.